The minimum Gasteiger partial charge on any atom is -0.333 e. The summed E-state index contributed by atoms with van der Waals surface area (Å²) in [5, 5.41) is 7.12. The summed E-state index contributed by atoms with van der Waals surface area (Å²) in [5.41, 5.74) is 0.941. The Kier molecular flexibility index (Phi) is 4.76. The summed E-state index contributed by atoms with van der Waals surface area (Å²) in [6.07, 6.45) is 5.16. The van der Waals surface area contributed by atoms with Crippen LogP contribution >= 0.6 is 0 Å². The van der Waals surface area contributed by atoms with Crippen LogP contribution in [0.4, 0.5) is 5.82 Å². The zero-order valence-corrected chi connectivity index (χ0v) is 12.2. The van der Waals surface area contributed by atoms with Gasteiger partial charge >= 0.3 is 0 Å². The fourth-order valence-corrected chi connectivity index (χ4v) is 2.40. The van der Waals surface area contributed by atoms with E-state index < -0.39 is 0 Å². The SMILES string of the molecule is CCCn1ncc(C)c1NC(=O)CN1CCCCC1=O. The number of piperidine rings is 1. The lowest BCUT2D eigenvalue weighted by atomic mass is 10.1. The summed E-state index contributed by atoms with van der Waals surface area (Å²) >= 11 is 0. The maximum absolute atomic E-state index is 12.1. The van der Waals surface area contributed by atoms with Gasteiger partial charge in [0.05, 0.1) is 12.7 Å². The number of aromatic nitrogens is 2. The Labute approximate surface area is 119 Å². The van der Waals surface area contributed by atoms with Crippen molar-refractivity contribution in [3.63, 3.8) is 0 Å². The van der Waals surface area contributed by atoms with Crippen molar-refractivity contribution in [3.05, 3.63) is 11.8 Å². The molecule has 1 N–H and O–H groups in total. The van der Waals surface area contributed by atoms with Crippen LogP contribution in [0.15, 0.2) is 6.20 Å². The Morgan fingerprint density at radius 2 is 2.25 bits per heavy atom. The second kappa shape index (κ2) is 6.54. The molecule has 20 heavy (non-hydrogen) atoms. The van der Waals surface area contributed by atoms with E-state index in [0.29, 0.717) is 13.0 Å². The number of nitrogens with one attached hydrogen (secondary N) is 1. The van der Waals surface area contributed by atoms with E-state index in [1.807, 2.05) is 6.92 Å². The molecule has 1 saturated heterocycles. The quantitative estimate of drug-likeness (QED) is 0.888. The highest BCUT2D eigenvalue weighted by molar-refractivity contribution is 5.94. The molecular formula is C14H22N4O2. The molecule has 2 heterocycles. The molecule has 0 radical (unpaired) electrons. The lowest BCUT2D eigenvalue weighted by Gasteiger charge is -2.26. The van der Waals surface area contributed by atoms with Crippen molar-refractivity contribution < 1.29 is 9.59 Å². The summed E-state index contributed by atoms with van der Waals surface area (Å²) in [5.74, 6) is 0.660. The van der Waals surface area contributed by atoms with E-state index in [2.05, 4.69) is 17.3 Å². The lowest BCUT2D eigenvalue weighted by molar-refractivity contribution is -0.136. The molecule has 1 aromatic rings. The van der Waals surface area contributed by atoms with Gasteiger partial charge in [-0.1, -0.05) is 6.92 Å². The first-order valence-corrected chi connectivity index (χ1v) is 7.22. The van der Waals surface area contributed by atoms with E-state index in [1.165, 1.54) is 0 Å². The molecule has 0 aromatic carbocycles. The molecule has 0 aliphatic carbocycles. The third-order valence-electron chi connectivity index (χ3n) is 3.47. The standard InChI is InChI=1S/C14H22N4O2/c1-3-7-18-14(11(2)9-15-18)16-12(19)10-17-8-5-4-6-13(17)20/h9H,3-8,10H2,1-2H3,(H,16,19). The van der Waals surface area contributed by atoms with Gasteiger partial charge < -0.3 is 10.2 Å². The highest BCUT2D eigenvalue weighted by Crippen LogP contribution is 2.15. The largest absolute Gasteiger partial charge is 0.333 e. The maximum atomic E-state index is 12.1. The molecule has 2 rings (SSSR count). The molecule has 110 valence electrons. The van der Waals surface area contributed by atoms with Gasteiger partial charge in [-0.3, -0.25) is 9.59 Å². The van der Waals surface area contributed by atoms with Crippen LogP contribution in [0, 0.1) is 6.92 Å². The average Bonchev–Trinajstić information content (AvgIpc) is 2.75. The second-order valence-corrected chi connectivity index (χ2v) is 5.22. The Morgan fingerprint density at radius 1 is 1.45 bits per heavy atom. The molecule has 1 aliphatic heterocycles. The summed E-state index contributed by atoms with van der Waals surface area (Å²) in [6, 6.07) is 0. The molecule has 0 unspecified atom stereocenters. The topological polar surface area (TPSA) is 67.2 Å². The molecule has 0 saturated carbocycles. The molecule has 1 fully saturated rings. The van der Waals surface area contributed by atoms with E-state index in [4.69, 9.17) is 0 Å². The minimum atomic E-state index is -0.152. The number of carbonyl (C=O) groups excluding carboxylic acids is 2. The van der Waals surface area contributed by atoms with Gasteiger partial charge in [0.2, 0.25) is 11.8 Å². The second-order valence-electron chi connectivity index (χ2n) is 5.22. The van der Waals surface area contributed by atoms with Crippen molar-refractivity contribution in [1.82, 2.24) is 14.7 Å². The molecule has 1 aliphatic rings. The monoisotopic (exact) mass is 278 g/mol. The molecule has 6 nitrogen and oxygen atoms in total. The summed E-state index contributed by atoms with van der Waals surface area (Å²) < 4.78 is 1.80. The number of amides is 2. The van der Waals surface area contributed by atoms with Crippen LogP contribution in [0.2, 0.25) is 0 Å². The Bertz CT molecular complexity index is 495. The molecule has 6 heteroatoms. The van der Waals surface area contributed by atoms with Crippen LogP contribution in [0.5, 0.6) is 0 Å². The maximum Gasteiger partial charge on any atom is 0.245 e. The smallest absolute Gasteiger partial charge is 0.245 e. The third kappa shape index (κ3) is 3.37. The van der Waals surface area contributed by atoms with Crippen molar-refractivity contribution in [2.45, 2.75) is 46.1 Å². The van der Waals surface area contributed by atoms with Crippen LogP contribution in [0.1, 0.15) is 38.2 Å². The Hall–Kier alpha value is -1.85. The molecule has 0 atom stereocenters. The van der Waals surface area contributed by atoms with Crippen molar-refractivity contribution in [2.75, 3.05) is 18.4 Å². The van der Waals surface area contributed by atoms with E-state index in [0.717, 1.165) is 37.2 Å². The number of likely N-dealkylation sites (tertiary alicyclic amines) is 1. The number of aryl methyl sites for hydroxylation is 2. The normalized spacial score (nSPS) is 15.5. The fourth-order valence-electron chi connectivity index (χ4n) is 2.40. The fraction of sp³-hybridized carbons (Fsp3) is 0.643. The summed E-state index contributed by atoms with van der Waals surface area (Å²) in [4.78, 5) is 25.4. The van der Waals surface area contributed by atoms with Crippen LogP contribution < -0.4 is 5.32 Å². The summed E-state index contributed by atoms with van der Waals surface area (Å²) in [6.45, 7) is 5.57. The van der Waals surface area contributed by atoms with Gasteiger partial charge in [-0.05, 0) is 26.2 Å². The first-order valence-electron chi connectivity index (χ1n) is 7.22. The highest BCUT2D eigenvalue weighted by Gasteiger charge is 2.21. The van der Waals surface area contributed by atoms with Crippen LogP contribution in [-0.4, -0.2) is 39.6 Å². The van der Waals surface area contributed by atoms with E-state index in [9.17, 15) is 9.59 Å². The van der Waals surface area contributed by atoms with E-state index >= 15 is 0 Å². The molecule has 0 bridgehead atoms. The van der Waals surface area contributed by atoms with Gasteiger partial charge in [0, 0.05) is 25.1 Å². The predicted octanol–water partition coefficient (Wildman–Crippen LogP) is 1.55. The van der Waals surface area contributed by atoms with Crippen molar-refractivity contribution in [1.29, 1.82) is 0 Å². The molecule has 1 aromatic heterocycles. The van der Waals surface area contributed by atoms with Crippen molar-refractivity contribution in [2.24, 2.45) is 0 Å². The summed E-state index contributed by atoms with van der Waals surface area (Å²) in [7, 11) is 0. The Balaban J connectivity index is 1.97. The number of hydrogen-bond donors (Lipinski definition) is 1. The van der Waals surface area contributed by atoms with Crippen molar-refractivity contribution in [3.8, 4) is 0 Å². The lowest BCUT2D eigenvalue weighted by Crippen LogP contribution is -2.41. The van der Waals surface area contributed by atoms with Gasteiger partial charge in [-0.15, -0.1) is 0 Å². The molecular weight excluding hydrogens is 256 g/mol. The average molecular weight is 278 g/mol. The number of rotatable bonds is 5. The molecule has 0 spiro atoms. The zero-order valence-electron chi connectivity index (χ0n) is 12.2. The predicted molar refractivity (Wildman–Crippen MR) is 76.3 cm³/mol. The Morgan fingerprint density at radius 3 is 2.95 bits per heavy atom. The van der Waals surface area contributed by atoms with Crippen LogP contribution in [0.3, 0.4) is 0 Å². The first kappa shape index (κ1) is 14.6. The van der Waals surface area contributed by atoms with Crippen LogP contribution in [-0.2, 0) is 16.1 Å². The third-order valence-corrected chi connectivity index (χ3v) is 3.47. The van der Waals surface area contributed by atoms with Crippen LogP contribution in [0.25, 0.3) is 0 Å². The van der Waals surface area contributed by atoms with Gasteiger partial charge in [0.15, 0.2) is 0 Å². The first-order chi connectivity index (χ1) is 9.61. The van der Waals surface area contributed by atoms with Crippen molar-refractivity contribution >= 4 is 17.6 Å². The number of carbonyl (C=O) groups is 2. The highest BCUT2D eigenvalue weighted by atomic mass is 16.2. The minimum absolute atomic E-state index is 0.0742. The number of hydrogen-bond acceptors (Lipinski definition) is 3. The number of anilines is 1. The van der Waals surface area contributed by atoms with Gasteiger partial charge in [-0.25, -0.2) is 4.68 Å². The van der Waals surface area contributed by atoms with Gasteiger partial charge in [0.25, 0.3) is 0 Å². The van der Waals surface area contributed by atoms with Gasteiger partial charge in [-0.2, -0.15) is 5.10 Å². The molecule has 2 amide bonds. The zero-order chi connectivity index (χ0) is 14.5. The number of nitrogens with zero attached hydrogens (tertiary/aromatic N) is 3. The van der Waals surface area contributed by atoms with E-state index in [1.54, 1.807) is 15.8 Å². The van der Waals surface area contributed by atoms with Gasteiger partial charge in [0.1, 0.15) is 5.82 Å². The van der Waals surface area contributed by atoms with E-state index in [-0.39, 0.29) is 18.4 Å².